The van der Waals surface area contributed by atoms with Crippen molar-refractivity contribution in [3.8, 4) is 0 Å². The molecule has 1 atom stereocenters. The summed E-state index contributed by atoms with van der Waals surface area (Å²) in [5.41, 5.74) is 2.20. The number of fused-ring (bicyclic) bond motifs is 3. The predicted octanol–water partition coefficient (Wildman–Crippen LogP) is 1.61. The minimum Gasteiger partial charge on any atom is -0.365 e. The van der Waals surface area contributed by atoms with Gasteiger partial charge in [-0.15, -0.1) is 0 Å². The van der Waals surface area contributed by atoms with E-state index in [0.29, 0.717) is 0 Å². The molecule has 0 fully saturated rings. The van der Waals surface area contributed by atoms with E-state index in [-0.39, 0.29) is 6.17 Å². The van der Waals surface area contributed by atoms with Gasteiger partial charge in [0.1, 0.15) is 6.17 Å². The molecule has 1 aromatic rings. The maximum absolute atomic E-state index is 4.37. The lowest BCUT2D eigenvalue weighted by Crippen LogP contribution is -2.38. The maximum Gasteiger partial charge on any atom is 0.139 e. The second kappa shape index (κ2) is 2.36. The van der Waals surface area contributed by atoms with Crippen LogP contribution >= 0.6 is 0 Å². The van der Waals surface area contributed by atoms with E-state index in [9.17, 15) is 0 Å². The van der Waals surface area contributed by atoms with Gasteiger partial charge < -0.3 is 10.2 Å². The van der Waals surface area contributed by atoms with Crippen LogP contribution in [0.15, 0.2) is 41.7 Å². The van der Waals surface area contributed by atoms with Crippen molar-refractivity contribution < 1.29 is 0 Å². The van der Waals surface area contributed by atoms with Gasteiger partial charge in [-0.3, -0.25) is 4.99 Å². The number of nitrogens with zero attached hydrogens (tertiary/aromatic N) is 2. The van der Waals surface area contributed by atoms with Gasteiger partial charge in [0.15, 0.2) is 0 Å². The zero-order chi connectivity index (χ0) is 8.67. The zero-order valence-electron chi connectivity index (χ0n) is 7.01. The van der Waals surface area contributed by atoms with Crippen molar-refractivity contribution in [3.63, 3.8) is 0 Å². The fourth-order valence-corrected chi connectivity index (χ4v) is 1.68. The van der Waals surface area contributed by atoms with Crippen LogP contribution in [0.2, 0.25) is 0 Å². The summed E-state index contributed by atoms with van der Waals surface area (Å²) in [5, 5.41) is 3.20. The predicted molar refractivity (Wildman–Crippen MR) is 53.1 cm³/mol. The SMILES string of the molecule is C1=CN2c3ccccc3N=CC2N1. The topological polar surface area (TPSA) is 27.6 Å². The lowest BCUT2D eigenvalue weighted by atomic mass is 10.2. The average Bonchev–Trinajstić information content (AvgIpc) is 2.65. The highest BCUT2D eigenvalue weighted by molar-refractivity contribution is 5.85. The second-order valence-electron chi connectivity index (χ2n) is 3.10. The molecule has 0 bridgehead atoms. The van der Waals surface area contributed by atoms with Crippen molar-refractivity contribution in [2.45, 2.75) is 6.17 Å². The van der Waals surface area contributed by atoms with Gasteiger partial charge >= 0.3 is 0 Å². The molecule has 1 unspecified atom stereocenters. The van der Waals surface area contributed by atoms with Crippen LogP contribution in [0.5, 0.6) is 0 Å². The Kier molecular flexibility index (Phi) is 1.22. The number of benzene rings is 1. The number of rotatable bonds is 0. The summed E-state index contributed by atoms with van der Waals surface area (Å²) < 4.78 is 0. The van der Waals surface area contributed by atoms with E-state index in [1.165, 1.54) is 0 Å². The molecule has 64 valence electrons. The minimum absolute atomic E-state index is 0.204. The number of para-hydroxylation sites is 2. The van der Waals surface area contributed by atoms with Crippen molar-refractivity contribution in [1.29, 1.82) is 0 Å². The molecule has 2 aliphatic heterocycles. The van der Waals surface area contributed by atoms with Crippen molar-refractivity contribution >= 4 is 17.6 Å². The maximum atomic E-state index is 4.37. The molecule has 0 aliphatic carbocycles. The largest absolute Gasteiger partial charge is 0.365 e. The Bertz CT molecular complexity index is 395. The van der Waals surface area contributed by atoms with Crippen molar-refractivity contribution in [1.82, 2.24) is 5.32 Å². The van der Waals surface area contributed by atoms with Gasteiger partial charge in [-0.05, 0) is 12.1 Å². The molecule has 1 N–H and O–H groups in total. The Morgan fingerprint density at radius 2 is 2.23 bits per heavy atom. The molecule has 0 saturated heterocycles. The van der Waals surface area contributed by atoms with Crippen LogP contribution in [0, 0.1) is 0 Å². The first kappa shape index (κ1) is 6.71. The summed E-state index contributed by atoms with van der Waals surface area (Å²) >= 11 is 0. The van der Waals surface area contributed by atoms with Gasteiger partial charge in [0.05, 0.1) is 11.4 Å². The lowest BCUT2D eigenvalue weighted by molar-refractivity contribution is 0.793. The third-order valence-corrected chi connectivity index (χ3v) is 2.32. The first-order valence-electron chi connectivity index (χ1n) is 4.29. The van der Waals surface area contributed by atoms with E-state index < -0.39 is 0 Å². The molecule has 1 aromatic carbocycles. The highest BCUT2D eigenvalue weighted by Crippen LogP contribution is 2.33. The van der Waals surface area contributed by atoms with Crippen molar-refractivity contribution in [2.24, 2.45) is 4.99 Å². The highest BCUT2D eigenvalue weighted by Gasteiger charge is 2.23. The van der Waals surface area contributed by atoms with Gasteiger partial charge in [-0.2, -0.15) is 0 Å². The second-order valence-corrected chi connectivity index (χ2v) is 3.10. The molecule has 3 heteroatoms. The number of aliphatic imine (C=N–C) groups is 1. The summed E-state index contributed by atoms with van der Waals surface area (Å²) in [4.78, 5) is 6.54. The number of nitrogens with one attached hydrogen (secondary N) is 1. The van der Waals surface area contributed by atoms with Crippen LogP contribution in [0.1, 0.15) is 0 Å². The molecule has 2 heterocycles. The smallest absolute Gasteiger partial charge is 0.139 e. The van der Waals surface area contributed by atoms with Gasteiger partial charge in [0, 0.05) is 18.6 Å². The molecule has 2 aliphatic rings. The van der Waals surface area contributed by atoms with Gasteiger partial charge in [0.25, 0.3) is 0 Å². The minimum atomic E-state index is 0.204. The van der Waals surface area contributed by atoms with Crippen LogP contribution in [0.3, 0.4) is 0 Å². The quantitative estimate of drug-likeness (QED) is 0.642. The summed E-state index contributed by atoms with van der Waals surface area (Å²) in [6.07, 6.45) is 6.10. The summed E-state index contributed by atoms with van der Waals surface area (Å²) in [5.74, 6) is 0. The molecule has 0 saturated carbocycles. The van der Waals surface area contributed by atoms with E-state index in [0.717, 1.165) is 11.4 Å². The Balaban J connectivity index is 2.17. The third-order valence-electron chi connectivity index (χ3n) is 2.32. The van der Waals surface area contributed by atoms with Crippen LogP contribution in [0.25, 0.3) is 0 Å². The molecule has 0 aromatic heterocycles. The first-order valence-corrected chi connectivity index (χ1v) is 4.29. The molecule has 13 heavy (non-hydrogen) atoms. The van der Waals surface area contributed by atoms with E-state index in [2.05, 4.69) is 21.3 Å². The number of hydrogen-bond acceptors (Lipinski definition) is 3. The summed E-state index contributed by atoms with van der Waals surface area (Å²) in [6.45, 7) is 0. The van der Waals surface area contributed by atoms with E-state index in [1.54, 1.807) is 0 Å². The van der Waals surface area contributed by atoms with Crippen LogP contribution in [0.4, 0.5) is 11.4 Å². The van der Waals surface area contributed by atoms with Crippen LogP contribution in [-0.2, 0) is 0 Å². The Labute approximate surface area is 76.4 Å². The Hall–Kier alpha value is -1.77. The van der Waals surface area contributed by atoms with E-state index >= 15 is 0 Å². The summed E-state index contributed by atoms with van der Waals surface area (Å²) in [6, 6.07) is 8.14. The number of hydrogen-bond donors (Lipinski definition) is 1. The fraction of sp³-hybridized carbons (Fsp3) is 0.100. The standard InChI is InChI=1S/C10H9N3/c1-2-4-9-8(3-1)12-7-10-11-5-6-13(9)10/h1-7,10-11H. The van der Waals surface area contributed by atoms with Crippen molar-refractivity contribution in [2.75, 3.05) is 4.90 Å². The third kappa shape index (κ3) is 0.869. The van der Waals surface area contributed by atoms with Gasteiger partial charge in [-0.1, -0.05) is 12.1 Å². The monoisotopic (exact) mass is 171 g/mol. The van der Waals surface area contributed by atoms with E-state index in [1.807, 2.05) is 36.8 Å². The van der Waals surface area contributed by atoms with Crippen LogP contribution in [-0.4, -0.2) is 12.4 Å². The Morgan fingerprint density at radius 1 is 1.31 bits per heavy atom. The molecule has 0 radical (unpaired) electrons. The fourth-order valence-electron chi connectivity index (χ4n) is 1.68. The summed E-state index contributed by atoms with van der Waals surface area (Å²) in [7, 11) is 0. The molecule has 3 rings (SSSR count). The van der Waals surface area contributed by atoms with Crippen molar-refractivity contribution in [3.05, 3.63) is 36.7 Å². The first-order chi connectivity index (χ1) is 6.45. The zero-order valence-corrected chi connectivity index (χ0v) is 7.01. The van der Waals surface area contributed by atoms with E-state index in [4.69, 9.17) is 0 Å². The molecule has 0 amide bonds. The van der Waals surface area contributed by atoms with Gasteiger partial charge in [-0.25, -0.2) is 0 Å². The molecule has 0 spiro atoms. The molecular weight excluding hydrogens is 162 g/mol. The van der Waals surface area contributed by atoms with Gasteiger partial charge in [0.2, 0.25) is 0 Å². The average molecular weight is 171 g/mol. The number of anilines is 1. The molecule has 3 nitrogen and oxygen atoms in total. The van der Waals surface area contributed by atoms with Crippen LogP contribution < -0.4 is 10.2 Å². The highest BCUT2D eigenvalue weighted by atomic mass is 15.3. The normalized spacial score (nSPS) is 22.5. The lowest BCUT2D eigenvalue weighted by Gasteiger charge is -2.27. The molecular formula is C10H9N3. The Morgan fingerprint density at radius 3 is 3.23 bits per heavy atom.